The Morgan fingerprint density at radius 2 is 2.15 bits per heavy atom. The van der Waals surface area contributed by atoms with E-state index in [4.69, 9.17) is 0 Å². The Morgan fingerprint density at radius 3 is 2.85 bits per heavy atom. The van der Waals surface area contributed by atoms with Gasteiger partial charge in [0.1, 0.15) is 11.6 Å². The van der Waals surface area contributed by atoms with E-state index in [2.05, 4.69) is 40.0 Å². The predicted octanol–water partition coefficient (Wildman–Crippen LogP) is 3.69. The second-order valence-corrected chi connectivity index (χ2v) is 6.35. The molecule has 0 amide bonds. The van der Waals surface area contributed by atoms with Crippen LogP contribution in [0.5, 0.6) is 0 Å². The maximum absolute atomic E-state index is 14.1. The van der Waals surface area contributed by atoms with Crippen molar-refractivity contribution in [2.45, 2.75) is 45.3 Å². The van der Waals surface area contributed by atoms with Crippen LogP contribution in [0.2, 0.25) is 0 Å². The number of hydrogen-bond donors (Lipinski definition) is 1. The quantitative estimate of drug-likeness (QED) is 0.836. The van der Waals surface area contributed by atoms with Crippen LogP contribution in [0.15, 0.2) is 16.6 Å². The van der Waals surface area contributed by atoms with Crippen molar-refractivity contribution >= 4 is 15.9 Å². The van der Waals surface area contributed by atoms with Crippen molar-refractivity contribution < 1.29 is 8.78 Å². The van der Waals surface area contributed by atoms with Crippen LogP contribution in [0.25, 0.3) is 0 Å². The highest BCUT2D eigenvalue weighted by atomic mass is 79.9. The molecule has 2 atom stereocenters. The fourth-order valence-corrected chi connectivity index (χ4v) is 3.04. The predicted molar refractivity (Wildman–Crippen MR) is 80.6 cm³/mol. The van der Waals surface area contributed by atoms with Crippen LogP contribution in [0, 0.1) is 11.6 Å². The molecule has 2 unspecified atom stereocenters. The third-order valence-corrected chi connectivity index (χ3v) is 4.53. The van der Waals surface area contributed by atoms with Crippen LogP contribution in [-0.2, 0) is 6.54 Å². The third kappa shape index (κ3) is 3.57. The van der Waals surface area contributed by atoms with E-state index in [-0.39, 0.29) is 11.6 Å². The molecule has 1 saturated heterocycles. The maximum atomic E-state index is 14.1. The molecule has 2 rings (SSSR count). The van der Waals surface area contributed by atoms with Crippen LogP contribution in [0.3, 0.4) is 0 Å². The van der Waals surface area contributed by atoms with Gasteiger partial charge in [0.15, 0.2) is 0 Å². The van der Waals surface area contributed by atoms with Gasteiger partial charge >= 0.3 is 0 Å². The van der Waals surface area contributed by atoms with E-state index >= 15 is 0 Å². The lowest BCUT2D eigenvalue weighted by atomic mass is 10.0. The van der Waals surface area contributed by atoms with Crippen molar-refractivity contribution in [1.29, 1.82) is 0 Å². The molecule has 0 radical (unpaired) electrons. The van der Waals surface area contributed by atoms with Crippen molar-refractivity contribution in [3.8, 4) is 0 Å². The second-order valence-electron chi connectivity index (χ2n) is 5.49. The van der Waals surface area contributed by atoms with Crippen LogP contribution < -0.4 is 5.32 Å². The number of rotatable bonds is 4. The molecule has 1 aliphatic rings. The summed E-state index contributed by atoms with van der Waals surface area (Å²) in [5, 5.41) is 3.49. The Hall–Kier alpha value is -0.520. The first kappa shape index (κ1) is 15.9. The number of hydrogen-bond acceptors (Lipinski definition) is 2. The average molecular weight is 347 g/mol. The van der Waals surface area contributed by atoms with E-state index in [0.717, 1.165) is 25.9 Å². The van der Waals surface area contributed by atoms with E-state index < -0.39 is 11.6 Å². The van der Waals surface area contributed by atoms with Gasteiger partial charge in [0, 0.05) is 37.3 Å². The Bertz CT molecular complexity index is 467. The molecule has 1 aromatic rings. The van der Waals surface area contributed by atoms with Crippen LogP contribution >= 0.6 is 15.9 Å². The summed E-state index contributed by atoms with van der Waals surface area (Å²) in [6.07, 6.45) is 2.20. The van der Waals surface area contributed by atoms with Gasteiger partial charge in [0.2, 0.25) is 0 Å². The minimum atomic E-state index is -0.484. The third-order valence-electron chi connectivity index (χ3n) is 3.92. The molecule has 2 nitrogen and oxygen atoms in total. The molecule has 1 N–H and O–H groups in total. The van der Waals surface area contributed by atoms with E-state index in [1.165, 1.54) is 12.1 Å². The van der Waals surface area contributed by atoms with Gasteiger partial charge in [-0.1, -0.05) is 13.3 Å². The standard InChI is InChI=1S/C15H21BrF2N2/c1-3-4-11-8-20(10(2)7-19-11)9-12-14(17)6-5-13(16)15(12)18/h5-6,10-11,19H,3-4,7-9H2,1-2H3. The summed E-state index contributed by atoms with van der Waals surface area (Å²) in [4.78, 5) is 2.16. The first-order chi connectivity index (χ1) is 9.52. The molecule has 0 saturated carbocycles. The van der Waals surface area contributed by atoms with Crippen LogP contribution in [0.4, 0.5) is 8.78 Å². The van der Waals surface area contributed by atoms with Crippen molar-refractivity contribution in [2.24, 2.45) is 0 Å². The fourth-order valence-electron chi connectivity index (χ4n) is 2.67. The average Bonchev–Trinajstić information content (AvgIpc) is 2.43. The summed E-state index contributed by atoms with van der Waals surface area (Å²) < 4.78 is 28.2. The highest BCUT2D eigenvalue weighted by Crippen LogP contribution is 2.24. The van der Waals surface area contributed by atoms with Crippen LogP contribution in [0.1, 0.15) is 32.3 Å². The van der Waals surface area contributed by atoms with Crippen molar-refractivity contribution in [3.63, 3.8) is 0 Å². The molecule has 20 heavy (non-hydrogen) atoms. The van der Waals surface area contributed by atoms with Gasteiger partial charge in [-0.25, -0.2) is 8.78 Å². The maximum Gasteiger partial charge on any atom is 0.144 e. The molecular formula is C15H21BrF2N2. The Balaban J connectivity index is 2.13. The van der Waals surface area contributed by atoms with Gasteiger partial charge in [-0.15, -0.1) is 0 Å². The number of piperazine rings is 1. The Kier molecular flexibility index (Phi) is 5.52. The highest BCUT2D eigenvalue weighted by Gasteiger charge is 2.26. The lowest BCUT2D eigenvalue weighted by molar-refractivity contribution is 0.126. The topological polar surface area (TPSA) is 15.3 Å². The van der Waals surface area contributed by atoms with Gasteiger partial charge in [-0.05, 0) is 41.4 Å². The zero-order valence-electron chi connectivity index (χ0n) is 11.9. The van der Waals surface area contributed by atoms with Gasteiger partial charge in [0.05, 0.1) is 4.47 Å². The van der Waals surface area contributed by atoms with Crippen molar-refractivity contribution in [2.75, 3.05) is 13.1 Å². The molecule has 1 fully saturated rings. The second kappa shape index (κ2) is 6.96. The Morgan fingerprint density at radius 1 is 1.40 bits per heavy atom. The molecule has 1 heterocycles. The van der Waals surface area contributed by atoms with Gasteiger partial charge in [-0.3, -0.25) is 4.90 Å². The SMILES string of the molecule is CCCC1CN(Cc2c(F)ccc(Br)c2F)C(C)CN1. The highest BCUT2D eigenvalue weighted by molar-refractivity contribution is 9.10. The summed E-state index contributed by atoms with van der Waals surface area (Å²) in [6, 6.07) is 3.42. The van der Waals surface area contributed by atoms with Gasteiger partial charge in [0.25, 0.3) is 0 Å². The smallest absolute Gasteiger partial charge is 0.144 e. The number of benzene rings is 1. The van der Waals surface area contributed by atoms with Crippen LogP contribution in [-0.4, -0.2) is 30.1 Å². The Labute approximate surface area is 127 Å². The largest absolute Gasteiger partial charge is 0.311 e. The van der Waals surface area contributed by atoms with E-state index in [9.17, 15) is 8.78 Å². The first-order valence-electron chi connectivity index (χ1n) is 7.12. The molecule has 1 aromatic carbocycles. The molecule has 0 spiro atoms. The molecule has 0 bridgehead atoms. The molecular weight excluding hydrogens is 326 g/mol. The molecule has 1 aliphatic heterocycles. The fraction of sp³-hybridized carbons (Fsp3) is 0.600. The molecule has 5 heteroatoms. The molecule has 0 aliphatic carbocycles. The number of halogens is 3. The summed E-state index contributed by atoms with van der Waals surface area (Å²) in [7, 11) is 0. The minimum Gasteiger partial charge on any atom is -0.311 e. The molecule has 0 aromatic heterocycles. The van der Waals surface area contributed by atoms with Gasteiger partial charge in [-0.2, -0.15) is 0 Å². The molecule has 112 valence electrons. The number of nitrogens with one attached hydrogen (secondary N) is 1. The summed E-state index contributed by atoms with van der Waals surface area (Å²) in [6.45, 7) is 6.25. The lowest BCUT2D eigenvalue weighted by Gasteiger charge is -2.39. The minimum absolute atomic E-state index is 0.156. The monoisotopic (exact) mass is 346 g/mol. The number of nitrogens with zero attached hydrogens (tertiary/aromatic N) is 1. The van der Waals surface area contributed by atoms with E-state index in [1.807, 2.05) is 0 Å². The van der Waals surface area contributed by atoms with Gasteiger partial charge < -0.3 is 5.32 Å². The van der Waals surface area contributed by atoms with Crippen molar-refractivity contribution in [3.05, 3.63) is 33.8 Å². The van der Waals surface area contributed by atoms with Crippen molar-refractivity contribution in [1.82, 2.24) is 10.2 Å². The zero-order valence-corrected chi connectivity index (χ0v) is 13.5. The summed E-state index contributed by atoms with van der Waals surface area (Å²) >= 11 is 3.12. The summed E-state index contributed by atoms with van der Waals surface area (Å²) in [5.74, 6) is -0.953. The van der Waals surface area contributed by atoms with E-state index in [0.29, 0.717) is 17.1 Å². The normalized spacial score (nSPS) is 24.1. The summed E-state index contributed by atoms with van der Waals surface area (Å²) in [5.41, 5.74) is 0.156. The zero-order chi connectivity index (χ0) is 14.7. The lowest BCUT2D eigenvalue weighted by Crippen LogP contribution is -2.54. The van der Waals surface area contributed by atoms with E-state index in [1.54, 1.807) is 0 Å². The first-order valence-corrected chi connectivity index (χ1v) is 7.92.